The fraction of sp³-hybridized carbons (Fsp3) is 0.250. The van der Waals surface area contributed by atoms with E-state index in [1.165, 1.54) is 0 Å². The molecule has 0 saturated carbocycles. The number of hydrogen-bond acceptors (Lipinski definition) is 3. The largest absolute Gasteiger partial charge is 0.492 e. The van der Waals surface area contributed by atoms with Crippen LogP contribution in [-0.2, 0) is 10.8 Å². The van der Waals surface area contributed by atoms with Gasteiger partial charge in [0.25, 0.3) is 0 Å². The van der Waals surface area contributed by atoms with Crippen LogP contribution >= 0.6 is 11.6 Å². The molecule has 0 saturated heterocycles. The van der Waals surface area contributed by atoms with Crippen molar-refractivity contribution in [1.82, 2.24) is 5.32 Å². The Balaban J connectivity index is 1.92. The minimum absolute atomic E-state index is 0.00598. The first-order valence-corrected chi connectivity index (χ1v) is 8.35. The molecule has 0 bridgehead atoms. The average molecular weight is 322 g/mol. The number of fused-ring (bicyclic) bond motifs is 1. The van der Waals surface area contributed by atoms with Crippen LogP contribution in [0, 0.1) is 0 Å². The van der Waals surface area contributed by atoms with E-state index >= 15 is 0 Å². The highest BCUT2D eigenvalue weighted by Gasteiger charge is 2.34. The lowest BCUT2D eigenvalue weighted by atomic mass is 10.0. The standard InChI is InChI=1S/C16H16ClNO2S/c1-18-16-13-4-2-3-5-14(13)20-10-15(16)21(19)12-8-6-11(17)7-9-12/h2-9,15-16,18H,10H2,1H3. The van der Waals surface area contributed by atoms with Gasteiger partial charge in [0, 0.05) is 15.5 Å². The van der Waals surface area contributed by atoms with Gasteiger partial charge in [0.05, 0.1) is 22.1 Å². The van der Waals surface area contributed by atoms with Gasteiger partial charge in [-0.25, -0.2) is 0 Å². The quantitative estimate of drug-likeness (QED) is 0.943. The third kappa shape index (κ3) is 2.84. The summed E-state index contributed by atoms with van der Waals surface area (Å²) in [7, 11) is 0.726. The lowest BCUT2D eigenvalue weighted by molar-refractivity contribution is 0.262. The van der Waals surface area contributed by atoms with E-state index in [1.54, 1.807) is 12.1 Å². The summed E-state index contributed by atoms with van der Waals surface area (Å²) in [6.45, 7) is 0.428. The van der Waals surface area contributed by atoms with Crippen molar-refractivity contribution in [3.05, 3.63) is 59.1 Å². The van der Waals surface area contributed by atoms with Crippen LogP contribution < -0.4 is 10.1 Å². The van der Waals surface area contributed by atoms with E-state index in [-0.39, 0.29) is 11.3 Å². The number of ether oxygens (including phenoxy) is 1. The molecule has 1 aliphatic heterocycles. The summed E-state index contributed by atoms with van der Waals surface area (Å²) in [5.74, 6) is 0.862. The van der Waals surface area contributed by atoms with E-state index < -0.39 is 10.8 Å². The first-order valence-electron chi connectivity index (χ1n) is 6.76. The second-order valence-electron chi connectivity index (χ2n) is 4.90. The van der Waals surface area contributed by atoms with Crippen molar-refractivity contribution in [1.29, 1.82) is 0 Å². The number of para-hydroxylation sites is 1. The van der Waals surface area contributed by atoms with Gasteiger partial charge in [-0.05, 0) is 37.4 Å². The molecule has 3 atom stereocenters. The summed E-state index contributed by atoms with van der Waals surface area (Å²) in [6.07, 6.45) is 0. The van der Waals surface area contributed by atoms with E-state index in [4.69, 9.17) is 16.3 Å². The molecule has 1 aliphatic rings. The summed E-state index contributed by atoms with van der Waals surface area (Å²) in [5, 5.41) is 3.78. The zero-order valence-corrected chi connectivity index (χ0v) is 13.2. The normalized spacial score (nSPS) is 22.2. The molecular weight excluding hydrogens is 306 g/mol. The van der Waals surface area contributed by atoms with Crippen LogP contribution in [-0.4, -0.2) is 23.1 Å². The van der Waals surface area contributed by atoms with Gasteiger partial charge in [0.2, 0.25) is 0 Å². The highest BCUT2D eigenvalue weighted by molar-refractivity contribution is 7.85. The Labute approximate surface area is 131 Å². The monoisotopic (exact) mass is 321 g/mol. The Morgan fingerprint density at radius 2 is 1.90 bits per heavy atom. The second kappa shape index (κ2) is 6.18. The number of rotatable bonds is 3. The van der Waals surface area contributed by atoms with Crippen LogP contribution in [0.5, 0.6) is 5.75 Å². The molecule has 0 amide bonds. The number of benzene rings is 2. The van der Waals surface area contributed by atoms with Gasteiger partial charge < -0.3 is 10.1 Å². The van der Waals surface area contributed by atoms with E-state index in [2.05, 4.69) is 5.32 Å². The summed E-state index contributed by atoms with van der Waals surface area (Å²) >= 11 is 5.89. The maximum atomic E-state index is 12.8. The highest BCUT2D eigenvalue weighted by Crippen LogP contribution is 2.35. The Kier molecular flexibility index (Phi) is 4.29. The molecule has 5 heteroatoms. The van der Waals surface area contributed by atoms with E-state index in [9.17, 15) is 4.21 Å². The fourth-order valence-corrected chi connectivity index (χ4v) is 4.21. The van der Waals surface area contributed by atoms with Crippen molar-refractivity contribution in [3.63, 3.8) is 0 Å². The lowest BCUT2D eigenvalue weighted by Gasteiger charge is -2.32. The summed E-state index contributed by atoms with van der Waals surface area (Å²) in [5.41, 5.74) is 1.05. The molecule has 0 aliphatic carbocycles. The molecule has 21 heavy (non-hydrogen) atoms. The van der Waals surface area contributed by atoms with Gasteiger partial charge in [-0.1, -0.05) is 29.8 Å². The van der Waals surface area contributed by atoms with Crippen molar-refractivity contribution in [2.45, 2.75) is 16.2 Å². The molecule has 1 heterocycles. The minimum Gasteiger partial charge on any atom is -0.492 e. The molecular formula is C16H16ClNO2S. The van der Waals surface area contributed by atoms with Crippen LogP contribution in [0.4, 0.5) is 0 Å². The predicted molar refractivity (Wildman–Crippen MR) is 85.4 cm³/mol. The molecule has 110 valence electrons. The molecule has 0 fully saturated rings. The molecule has 1 N–H and O–H groups in total. The Bertz CT molecular complexity index is 660. The van der Waals surface area contributed by atoms with Crippen molar-refractivity contribution >= 4 is 22.4 Å². The van der Waals surface area contributed by atoms with Crippen LogP contribution in [0.2, 0.25) is 5.02 Å². The van der Waals surface area contributed by atoms with E-state index in [0.29, 0.717) is 11.6 Å². The maximum Gasteiger partial charge on any atom is 0.124 e. The minimum atomic E-state index is -1.16. The van der Waals surface area contributed by atoms with Crippen molar-refractivity contribution < 1.29 is 8.95 Å². The van der Waals surface area contributed by atoms with Crippen LogP contribution in [0.1, 0.15) is 11.6 Å². The fourth-order valence-electron chi connectivity index (χ4n) is 2.61. The molecule has 0 radical (unpaired) electrons. The third-order valence-corrected chi connectivity index (χ3v) is 5.61. The van der Waals surface area contributed by atoms with Gasteiger partial charge in [-0.15, -0.1) is 0 Å². The van der Waals surface area contributed by atoms with E-state index in [0.717, 1.165) is 16.2 Å². The zero-order chi connectivity index (χ0) is 14.8. The average Bonchev–Trinajstić information content (AvgIpc) is 2.53. The van der Waals surface area contributed by atoms with Crippen LogP contribution in [0.15, 0.2) is 53.4 Å². The van der Waals surface area contributed by atoms with Crippen molar-refractivity contribution in [3.8, 4) is 5.75 Å². The molecule has 3 unspecified atom stereocenters. The molecule has 2 aromatic carbocycles. The Morgan fingerprint density at radius 1 is 1.19 bits per heavy atom. The maximum absolute atomic E-state index is 12.8. The second-order valence-corrected chi connectivity index (χ2v) is 7.01. The first kappa shape index (κ1) is 14.6. The number of halogens is 1. The summed E-state index contributed by atoms with van der Waals surface area (Å²) in [6, 6.07) is 15.0. The van der Waals surface area contributed by atoms with Gasteiger partial charge in [0.15, 0.2) is 0 Å². The van der Waals surface area contributed by atoms with Crippen molar-refractivity contribution in [2.75, 3.05) is 13.7 Å². The van der Waals surface area contributed by atoms with E-state index in [1.807, 2.05) is 43.4 Å². The first-order chi connectivity index (χ1) is 10.2. The summed E-state index contributed by atoms with van der Waals surface area (Å²) < 4.78 is 18.6. The third-order valence-electron chi connectivity index (χ3n) is 3.66. The van der Waals surface area contributed by atoms with Gasteiger partial charge in [-0.3, -0.25) is 4.21 Å². The zero-order valence-electron chi connectivity index (χ0n) is 11.6. The van der Waals surface area contributed by atoms with Crippen molar-refractivity contribution in [2.24, 2.45) is 0 Å². The highest BCUT2D eigenvalue weighted by atomic mass is 35.5. The Hall–Kier alpha value is -1.36. The molecule has 2 aromatic rings. The number of hydrogen-bond donors (Lipinski definition) is 1. The van der Waals surface area contributed by atoms with Crippen LogP contribution in [0.25, 0.3) is 0 Å². The molecule has 3 nitrogen and oxygen atoms in total. The molecule has 3 rings (SSSR count). The lowest BCUT2D eigenvalue weighted by Crippen LogP contribution is -2.40. The predicted octanol–water partition coefficient (Wildman–Crippen LogP) is 3.17. The summed E-state index contributed by atoms with van der Waals surface area (Å²) in [4.78, 5) is 0.771. The molecule has 0 aromatic heterocycles. The van der Waals surface area contributed by atoms with Crippen LogP contribution in [0.3, 0.4) is 0 Å². The smallest absolute Gasteiger partial charge is 0.124 e. The Morgan fingerprint density at radius 3 is 2.62 bits per heavy atom. The molecule has 0 spiro atoms. The van der Waals surface area contributed by atoms with Gasteiger partial charge >= 0.3 is 0 Å². The number of nitrogens with one attached hydrogen (secondary N) is 1. The van der Waals surface area contributed by atoms with Gasteiger partial charge in [0.1, 0.15) is 12.4 Å². The van der Waals surface area contributed by atoms with Gasteiger partial charge in [-0.2, -0.15) is 0 Å². The topological polar surface area (TPSA) is 38.3 Å². The SMILES string of the molecule is CNC1c2ccccc2OCC1S(=O)c1ccc(Cl)cc1.